The van der Waals surface area contributed by atoms with Gasteiger partial charge in [0, 0.05) is 22.8 Å². The number of thiocarbonyl (C=S) groups is 1. The Morgan fingerprint density at radius 3 is 2.19 bits per heavy atom. The van der Waals surface area contributed by atoms with Crippen LogP contribution in [0.5, 0.6) is 11.8 Å². The molecule has 0 saturated carbocycles. The van der Waals surface area contributed by atoms with Gasteiger partial charge in [0.15, 0.2) is 5.11 Å². The summed E-state index contributed by atoms with van der Waals surface area (Å²) in [5, 5.41) is 25.4. The third-order valence-corrected chi connectivity index (χ3v) is 5.90. The highest BCUT2D eigenvalue weighted by molar-refractivity contribution is 9.10. The summed E-state index contributed by atoms with van der Waals surface area (Å²) in [6.45, 7) is 0.514. The van der Waals surface area contributed by atoms with E-state index in [2.05, 4.69) is 33.4 Å². The monoisotopic (exact) mass is 507 g/mol. The van der Waals surface area contributed by atoms with E-state index in [-0.39, 0.29) is 11.8 Å². The van der Waals surface area contributed by atoms with Crippen LogP contribution in [0.2, 0.25) is 0 Å². The third kappa shape index (κ3) is 4.95. The van der Waals surface area contributed by atoms with Crippen molar-refractivity contribution in [2.45, 2.75) is 6.42 Å². The smallest absolute Gasteiger partial charge is 0.223 e. The Kier molecular flexibility index (Phi) is 6.78. The van der Waals surface area contributed by atoms with Crippen molar-refractivity contribution in [3.63, 3.8) is 0 Å². The maximum atomic E-state index is 11.1. The van der Waals surface area contributed by atoms with E-state index >= 15 is 0 Å². The fourth-order valence-electron chi connectivity index (χ4n) is 3.45. The van der Waals surface area contributed by atoms with E-state index in [4.69, 9.17) is 12.2 Å². The molecular weight excluding hydrogens is 486 g/mol. The molecule has 0 unspecified atom stereocenters. The zero-order valence-electron chi connectivity index (χ0n) is 17.1. The Bertz CT molecular complexity index is 1200. The number of aromatic nitrogens is 1. The summed E-state index contributed by atoms with van der Waals surface area (Å²) in [5.41, 5.74) is 3.06. The number of hydrogen-bond donors (Lipinski definition) is 3. The highest BCUT2D eigenvalue weighted by Crippen LogP contribution is 2.38. The van der Waals surface area contributed by atoms with Crippen molar-refractivity contribution in [2.75, 3.05) is 16.8 Å². The molecular formula is C25H22BrN3O2S. The van der Waals surface area contributed by atoms with Crippen LogP contribution in [0.25, 0.3) is 5.69 Å². The van der Waals surface area contributed by atoms with Crippen LogP contribution in [0.3, 0.4) is 0 Å². The largest absolute Gasteiger partial charge is 0.494 e. The lowest BCUT2D eigenvalue weighted by atomic mass is 10.1. The SMILES string of the molecule is Oc1cc(N(CCc2ccccc2)C(=S)Nc2ccccc2)c(O)n1-c1ccc(Br)cc1. The van der Waals surface area contributed by atoms with Crippen molar-refractivity contribution in [3.05, 3.63) is 101 Å². The highest BCUT2D eigenvalue weighted by Gasteiger charge is 2.23. The van der Waals surface area contributed by atoms with Gasteiger partial charge in [-0.15, -0.1) is 0 Å². The van der Waals surface area contributed by atoms with E-state index in [1.807, 2.05) is 72.8 Å². The number of halogens is 1. The number of aromatic hydroxyl groups is 2. The molecule has 0 spiro atoms. The van der Waals surface area contributed by atoms with Crippen LogP contribution >= 0.6 is 28.1 Å². The van der Waals surface area contributed by atoms with E-state index < -0.39 is 0 Å². The number of para-hydroxylation sites is 1. The first-order valence-electron chi connectivity index (χ1n) is 10.1. The average molecular weight is 508 g/mol. The molecule has 0 aliphatic rings. The van der Waals surface area contributed by atoms with Gasteiger partial charge in [-0.3, -0.25) is 0 Å². The van der Waals surface area contributed by atoms with Crippen molar-refractivity contribution < 1.29 is 10.2 Å². The minimum atomic E-state index is -0.0879. The van der Waals surface area contributed by atoms with Gasteiger partial charge in [-0.1, -0.05) is 64.5 Å². The van der Waals surface area contributed by atoms with Crippen LogP contribution in [-0.2, 0) is 6.42 Å². The molecule has 4 rings (SSSR count). The molecule has 3 aromatic carbocycles. The number of hydrogen-bond acceptors (Lipinski definition) is 3. The Balaban J connectivity index is 1.68. The predicted octanol–water partition coefficient (Wildman–Crippen LogP) is 6.10. The summed E-state index contributed by atoms with van der Waals surface area (Å²) < 4.78 is 2.30. The number of nitrogens with zero attached hydrogens (tertiary/aromatic N) is 2. The molecule has 5 nitrogen and oxygen atoms in total. The van der Waals surface area contributed by atoms with Gasteiger partial charge >= 0.3 is 0 Å². The maximum absolute atomic E-state index is 11.1. The Morgan fingerprint density at radius 2 is 1.53 bits per heavy atom. The van der Waals surface area contributed by atoms with Crippen LogP contribution in [0.4, 0.5) is 11.4 Å². The van der Waals surface area contributed by atoms with Gasteiger partial charge in [0.25, 0.3) is 0 Å². The summed E-state index contributed by atoms with van der Waals surface area (Å²) in [4.78, 5) is 1.81. The van der Waals surface area contributed by atoms with Crippen molar-refractivity contribution in [3.8, 4) is 17.4 Å². The normalized spacial score (nSPS) is 10.7. The first-order chi connectivity index (χ1) is 15.5. The number of rotatable bonds is 6. The number of benzene rings is 3. The molecule has 0 bridgehead atoms. The molecule has 0 amide bonds. The van der Waals surface area contributed by atoms with E-state index in [1.54, 1.807) is 4.90 Å². The minimum Gasteiger partial charge on any atom is -0.494 e. The van der Waals surface area contributed by atoms with Crippen LogP contribution in [-0.4, -0.2) is 26.4 Å². The zero-order chi connectivity index (χ0) is 22.5. The summed E-state index contributed by atoms with van der Waals surface area (Å²) in [5.74, 6) is -0.165. The first kappa shape index (κ1) is 21.9. The Labute approximate surface area is 200 Å². The standard InChI is InChI=1S/C25H22BrN3O2S/c26-19-11-13-21(14-12-19)29-23(30)17-22(24(29)31)28(16-15-18-7-3-1-4-8-18)25(32)27-20-9-5-2-6-10-20/h1-14,17,30-31H,15-16H2,(H,27,32). The Morgan fingerprint density at radius 1 is 0.906 bits per heavy atom. The topological polar surface area (TPSA) is 60.7 Å². The van der Waals surface area contributed by atoms with E-state index in [9.17, 15) is 10.2 Å². The van der Waals surface area contributed by atoms with E-state index in [0.29, 0.717) is 29.5 Å². The molecule has 32 heavy (non-hydrogen) atoms. The van der Waals surface area contributed by atoms with Gasteiger partial charge in [-0.2, -0.15) is 0 Å². The van der Waals surface area contributed by atoms with Gasteiger partial charge in [-0.05, 0) is 60.6 Å². The van der Waals surface area contributed by atoms with Crippen molar-refractivity contribution in [2.24, 2.45) is 0 Å². The molecule has 7 heteroatoms. The summed E-state index contributed by atoms with van der Waals surface area (Å²) in [6.07, 6.45) is 0.709. The molecule has 3 N–H and O–H groups in total. The van der Waals surface area contributed by atoms with Crippen molar-refractivity contribution in [1.29, 1.82) is 0 Å². The fraction of sp³-hybridized carbons (Fsp3) is 0.0800. The second-order valence-electron chi connectivity index (χ2n) is 7.21. The zero-order valence-corrected chi connectivity index (χ0v) is 19.6. The summed E-state index contributed by atoms with van der Waals surface area (Å²) in [6, 6.07) is 28.5. The molecule has 162 valence electrons. The van der Waals surface area contributed by atoms with Crippen LogP contribution in [0.15, 0.2) is 95.5 Å². The predicted molar refractivity (Wildman–Crippen MR) is 137 cm³/mol. The summed E-state index contributed by atoms with van der Waals surface area (Å²) in [7, 11) is 0. The van der Waals surface area contributed by atoms with Gasteiger partial charge in [0.1, 0.15) is 5.69 Å². The lowest BCUT2D eigenvalue weighted by Gasteiger charge is -2.25. The van der Waals surface area contributed by atoms with Gasteiger partial charge < -0.3 is 20.4 Å². The fourth-order valence-corrected chi connectivity index (χ4v) is 4.02. The average Bonchev–Trinajstić information content (AvgIpc) is 3.09. The minimum absolute atomic E-state index is 0.0768. The lowest BCUT2D eigenvalue weighted by molar-refractivity contribution is 0.403. The first-order valence-corrected chi connectivity index (χ1v) is 11.3. The van der Waals surface area contributed by atoms with Gasteiger partial charge in [0.2, 0.25) is 11.8 Å². The van der Waals surface area contributed by atoms with Crippen LogP contribution in [0.1, 0.15) is 5.56 Å². The van der Waals surface area contributed by atoms with Crippen LogP contribution < -0.4 is 10.2 Å². The second kappa shape index (κ2) is 9.89. The molecule has 0 saturated heterocycles. The van der Waals surface area contributed by atoms with Gasteiger partial charge in [0.05, 0.1) is 5.69 Å². The summed E-state index contributed by atoms with van der Waals surface area (Å²) >= 11 is 9.12. The highest BCUT2D eigenvalue weighted by atomic mass is 79.9. The van der Waals surface area contributed by atoms with Crippen LogP contribution in [0, 0.1) is 0 Å². The molecule has 0 aliphatic heterocycles. The Hall–Kier alpha value is -3.29. The second-order valence-corrected chi connectivity index (χ2v) is 8.51. The number of anilines is 2. The maximum Gasteiger partial charge on any atom is 0.223 e. The lowest BCUT2D eigenvalue weighted by Crippen LogP contribution is -2.36. The molecule has 1 aromatic heterocycles. The number of nitrogens with one attached hydrogen (secondary N) is 1. The molecule has 0 fully saturated rings. The molecule has 0 radical (unpaired) electrons. The van der Waals surface area contributed by atoms with E-state index in [0.717, 1.165) is 15.7 Å². The molecule has 0 aliphatic carbocycles. The van der Waals surface area contributed by atoms with E-state index in [1.165, 1.54) is 10.6 Å². The molecule has 0 atom stereocenters. The van der Waals surface area contributed by atoms with Crippen molar-refractivity contribution in [1.82, 2.24) is 4.57 Å². The molecule has 4 aromatic rings. The van der Waals surface area contributed by atoms with Crippen molar-refractivity contribution >= 4 is 44.6 Å². The molecule has 1 heterocycles. The van der Waals surface area contributed by atoms with Gasteiger partial charge in [-0.25, -0.2) is 4.57 Å². The quantitative estimate of drug-likeness (QED) is 0.275. The third-order valence-electron chi connectivity index (χ3n) is 5.05.